The van der Waals surface area contributed by atoms with E-state index in [0.717, 1.165) is 18.8 Å². The lowest BCUT2D eigenvalue weighted by atomic mass is 9.81. The second kappa shape index (κ2) is 6.94. The molecule has 0 radical (unpaired) electrons. The molecule has 0 fully saturated rings. The topological polar surface area (TPSA) is 35.9 Å². The summed E-state index contributed by atoms with van der Waals surface area (Å²) < 4.78 is 26.8. The van der Waals surface area contributed by atoms with Crippen LogP contribution in [-0.2, 0) is 4.79 Å². The highest BCUT2D eigenvalue weighted by Crippen LogP contribution is 2.20. The summed E-state index contributed by atoms with van der Waals surface area (Å²) in [7, 11) is -1.00. The lowest BCUT2D eigenvalue weighted by molar-refractivity contribution is -0.121. The van der Waals surface area contributed by atoms with E-state index in [1.165, 1.54) is 17.0 Å². The Balaban J connectivity index is 2.46. The van der Waals surface area contributed by atoms with Gasteiger partial charge in [-0.25, -0.2) is 4.99 Å². The Hall–Kier alpha value is -2.18. The van der Waals surface area contributed by atoms with Crippen molar-refractivity contribution in [2.75, 3.05) is 25.0 Å². The fourth-order valence-corrected chi connectivity index (χ4v) is 2.53. The van der Waals surface area contributed by atoms with Crippen LogP contribution >= 0.6 is 0 Å². The predicted molar refractivity (Wildman–Crippen MR) is 91.5 cm³/mol. The highest BCUT2D eigenvalue weighted by atomic mass is 19.2. The Morgan fingerprint density at radius 2 is 1.96 bits per heavy atom. The Morgan fingerprint density at radius 3 is 2.43 bits per heavy atom. The average Bonchev–Trinajstić information content (AvgIpc) is 2.76. The van der Waals surface area contributed by atoms with E-state index in [9.17, 15) is 13.4 Å². The molecule has 4 nitrogen and oxygen atoms in total. The van der Waals surface area contributed by atoms with Crippen LogP contribution in [-0.4, -0.2) is 44.0 Å². The van der Waals surface area contributed by atoms with Crippen LogP contribution in [0.15, 0.2) is 28.9 Å². The van der Waals surface area contributed by atoms with Crippen molar-refractivity contribution < 1.29 is 13.4 Å². The van der Waals surface area contributed by atoms with Gasteiger partial charge in [0.2, 0.25) is 0 Å². The molecule has 1 aromatic rings. The first-order valence-corrected chi connectivity index (χ1v) is 7.61. The van der Waals surface area contributed by atoms with E-state index in [2.05, 4.69) is 4.99 Å². The zero-order valence-electron chi connectivity index (χ0n) is 13.8. The molecule has 0 bridgehead atoms. The van der Waals surface area contributed by atoms with Gasteiger partial charge in [-0.3, -0.25) is 18.3 Å². The number of hydrogen-bond donors (Lipinski definition) is 0. The predicted octanol–water partition coefficient (Wildman–Crippen LogP) is 2.40. The number of amidine groups is 1. The Bertz CT molecular complexity index is 669. The summed E-state index contributed by atoms with van der Waals surface area (Å²) >= 11 is 0. The molecule has 0 aliphatic carbocycles. The standard InChI is InChI=1S/C16H20BF2N3O/c1-5-22(6-2)13-8-7-12(14(10-13)17(18)19)9-15-16(23)21(4)11(3)20-15/h7-10H,5-6H2,1-4H3. The number of benzene rings is 1. The molecule has 1 aliphatic heterocycles. The van der Waals surface area contributed by atoms with Crippen molar-refractivity contribution in [3.63, 3.8) is 0 Å². The third kappa shape index (κ3) is 3.43. The first-order chi connectivity index (χ1) is 10.9. The van der Waals surface area contributed by atoms with Gasteiger partial charge in [0.15, 0.2) is 0 Å². The van der Waals surface area contributed by atoms with Crippen LogP contribution in [0.1, 0.15) is 26.3 Å². The van der Waals surface area contributed by atoms with Gasteiger partial charge in [-0.1, -0.05) is 6.07 Å². The van der Waals surface area contributed by atoms with Crippen LogP contribution in [0.5, 0.6) is 0 Å². The second-order valence-corrected chi connectivity index (χ2v) is 5.34. The zero-order chi connectivity index (χ0) is 17.1. The number of carbonyl (C=O) groups is 1. The molecule has 23 heavy (non-hydrogen) atoms. The summed E-state index contributed by atoms with van der Waals surface area (Å²) in [6, 6.07) is 4.91. The van der Waals surface area contributed by atoms with Crippen LogP contribution in [0, 0.1) is 0 Å². The Morgan fingerprint density at radius 1 is 1.30 bits per heavy atom. The number of nitrogens with zero attached hydrogens (tertiary/aromatic N) is 3. The van der Waals surface area contributed by atoms with Gasteiger partial charge in [-0.05, 0) is 44.5 Å². The number of aliphatic imine (C=N–C) groups is 1. The number of hydrogen-bond acceptors (Lipinski definition) is 3. The number of anilines is 1. The molecule has 1 amide bonds. The van der Waals surface area contributed by atoms with Crippen LogP contribution in [0.25, 0.3) is 6.08 Å². The summed E-state index contributed by atoms with van der Waals surface area (Å²) in [5.41, 5.74) is 1.17. The van der Waals surface area contributed by atoms with E-state index < -0.39 is 7.27 Å². The van der Waals surface area contributed by atoms with Gasteiger partial charge >= 0.3 is 7.27 Å². The highest BCUT2D eigenvalue weighted by molar-refractivity contribution is 6.61. The minimum atomic E-state index is -2.61. The van der Waals surface area contributed by atoms with Crippen molar-refractivity contribution >= 4 is 36.2 Å². The zero-order valence-corrected chi connectivity index (χ0v) is 13.8. The maximum absolute atomic E-state index is 13.4. The minimum absolute atomic E-state index is 0.0860. The molecule has 1 heterocycles. The first kappa shape index (κ1) is 17.2. The molecule has 1 aliphatic rings. The monoisotopic (exact) mass is 319 g/mol. The van der Waals surface area contributed by atoms with Gasteiger partial charge in [0.05, 0.1) is 0 Å². The molecule has 7 heteroatoms. The number of amides is 1. The maximum Gasteiger partial charge on any atom is 0.572 e. The summed E-state index contributed by atoms with van der Waals surface area (Å²) in [5.74, 6) is 0.273. The van der Waals surface area contributed by atoms with Crippen molar-refractivity contribution in [2.24, 2.45) is 4.99 Å². The summed E-state index contributed by atoms with van der Waals surface area (Å²) in [5, 5.41) is 0. The van der Waals surface area contributed by atoms with Crippen LogP contribution in [0.3, 0.4) is 0 Å². The normalized spacial score (nSPS) is 16.1. The van der Waals surface area contributed by atoms with Crippen LogP contribution in [0.4, 0.5) is 14.3 Å². The summed E-state index contributed by atoms with van der Waals surface area (Å²) in [4.78, 5) is 19.6. The van der Waals surface area contributed by atoms with Gasteiger partial charge in [-0.2, -0.15) is 0 Å². The fraction of sp³-hybridized carbons (Fsp3) is 0.375. The lowest BCUT2D eigenvalue weighted by Gasteiger charge is -2.22. The lowest BCUT2D eigenvalue weighted by Crippen LogP contribution is -2.28. The maximum atomic E-state index is 13.4. The molecule has 0 N–H and O–H groups in total. The van der Waals surface area contributed by atoms with Crippen molar-refractivity contribution in [3.8, 4) is 0 Å². The molecule has 0 spiro atoms. The molecule has 1 aromatic carbocycles. The molecule has 0 unspecified atom stereocenters. The quantitative estimate of drug-likeness (QED) is 0.617. The van der Waals surface area contributed by atoms with E-state index in [1.54, 1.807) is 26.1 Å². The van der Waals surface area contributed by atoms with E-state index in [1.807, 2.05) is 18.7 Å². The van der Waals surface area contributed by atoms with Crippen molar-refractivity contribution in [2.45, 2.75) is 20.8 Å². The van der Waals surface area contributed by atoms with Crippen molar-refractivity contribution in [1.29, 1.82) is 0 Å². The first-order valence-electron chi connectivity index (χ1n) is 7.61. The molecule has 0 saturated carbocycles. The number of likely N-dealkylation sites (N-methyl/N-ethyl adjacent to an activating group) is 1. The summed E-state index contributed by atoms with van der Waals surface area (Å²) in [6.45, 7) is 7.15. The molecular formula is C16H20BF2N3O. The van der Waals surface area contributed by atoms with Crippen LogP contribution in [0.2, 0.25) is 0 Å². The molecule has 122 valence electrons. The third-order valence-electron chi connectivity index (χ3n) is 4.02. The summed E-state index contributed by atoms with van der Waals surface area (Å²) in [6.07, 6.45) is 1.43. The Labute approximate surface area is 135 Å². The van der Waals surface area contributed by atoms with Crippen LogP contribution < -0.4 is 10.4 Å². The van der Waals surface area contributed by atoms with Gasteiger partial charge in [-0.15, -0.1) is 0 Å². The largest absolute Gasteiger partial charge is 0.572 e. The number of rotatable bonds is 5. The van der Waals surface area contributed by atoms with Crippen molar-refractivity contribution in [1.82, 2.24) is 4.90 Å². The Kier molecular flexibility index (Phi) is 5.18. The SMILES string of the molecule is CCN(CC)c1ccc(C=C2N=C(C)N(C)C2=O)c(B(F)F)c1. The van der Waals surface area contributed by atoms with E-state index in [0.29, 0.717) is 11.4 Å². The molecular weight excluding hydrogens is 299 g/mol. The number of halogens is 2. The van der Waals surface area contributed by atoms with Gasteiger partial charge < -0.3 is 4.90 Å². The van der Waals surface area contributed by atoms with E-state index in [-0.39, 0.29) is 17.1 Å². The van der Waals surface area contributed by atoms with E-state index in [4.69, 9.17) is 0 Å². The molecule has 0 aromatic heterocycles. The smallest absolute Gasteiger partial charge is 0.372 e. The fourth-order valence-electron chi connectivity index (χ4n) is 2.53. The third-order valence-corrected chi connectivity index (χ3v) is 4.02. The average molecular weight is 319 g/mol. The van der Waals surface area contributed by atoms with Crippen molar-refractivity contribution in [3.05, 3.63) is 29.5 Å². The second-order valence-electron chi connectivity index (χ2n) is 5.34. The van der Waals surface area contributed by atoms with E-state index >= 15 is 0 Å². The molecule has 2 rings (SSSR count). The molecule has 0 atom stereocenters. The highest BCUT2D eigenvalue weighted by Gasteiger charge is 2.26. The van der Waals surface area contributed by atoms with Gasteiger partial charge in [0.25, 0.3) is 5.91 Å². The number of carbonyl (C=O) groups excluding carboxylic acids is 1. The van der Waals surface area contributed by atoms with Gasteiger partial charge in [0, 0.05) is 31.3 Å². The van der Waals surface area contributed by atoms with Gasteiger partial charge in [0.1, 0.15) is 11.5 Å². The molecule has 0 saturated heterocycles. The minimum Gasteiger partial charge on any atom is -0.372 e.